The highest BCUT2D eigenvalue weighted by molar-refractivity contribution is 6.22. The Morgan fingerprint density at radius 2 is 0.598 bits per heavy atom. The van der Waals surface area contributed by atoms with Gasteiger partial charge in [-0.15, -0.1) is 0 Å². The lowest BCUT2D eigenvalue weighted by Crippen LogP contribution is -1.96. The van der Waals surface area contributed by atoms with Crippen molar-refractivity contribution in [1.82, 2.24) is 28.2 Å². The number of benzene rings is 15. The standard InChI is InChI=1S/C96H56N6/c1-4-16-63(17-5-1)99-86-28-12-10-22-68(86)78-48-57(31-40-89(78)99)58-32-41-91-81(50-58)82-51-61(34-43-92(82)100(91)64-18-6-2-7-19-64)66-37-38-75-77-54-85(98-56-84(77)73-25-14-24-71(66)95(73)75)62-35-44-90-80(52-62)70-36-30-60(53-94(70)101(90)65-20-8-3-9-21-65)59-33-42-93-79(49-59)69-23-11-13-29-87(69)102(93)88-45-39-74-67-46-47-97-55-83(67)72-26-15-27-76(88)96(72)74/h1-56H. The van der Waals surface area contributed by atoms with Crippen molar-refractivity contribution >= 4 is 109 Å². The Morgan fingerprint density at radius 3 is 1.22 bits per heavy atom. The minimum Gasteiger partial charge on any atom is -0.309 e. The minimum atomic E-state index is 0.948. The first kappa shape index (κ1) is 55.3. The van der Waals surface area contributed by atoms with Gasteiger partial charge in [-0.25, -0.2) is 0 Å². The molecule has 0 saturated carbocycles. The fourth-order valence-electron chi connectivity index (χ4n) is 17.9. The summed E-state index contributed by atoms with van der Waals surface area (Å²) in [7, 11) is 0. The maximum absolute atomic E-state index is 5.33. The molecule has 21 aromatic rings. The van der Waals surface area contributed by atoms with Gasteiger partial charge in [0.25, 0.3) is 0 Å². The molecule has 0 aliphatic heterocycles. The van der Waals surface area contributed by atoms with Crippen molar-refractivity contribution in [1.29, 1.82) is 0 Å². The maximum Gasteiger partial charge on any atom is 0.0708 e. The van der Waals surface area contributed by atoms with E-state index in [1.54, 1.807) is 0 Å². The quantitative estimate of drug-likeness (QED) is 0.152. The van der Waals surface area contributed by atoms with Gasteiger partial charge >= 0.3 is 0 Å². The summed E-state index contributed by atoms with van der Waals surface area (Å²) in [5.41, 5.74) is 32.9. The first-order chi connectivity index (χ1) is 50.6. The molecule has 470 valence electrons. The lowest BCUT2D eigenvalue weighted by molar-refractivity contribution is 1.18. The Hall–Kier alpha value is -13.7. The van der Waals surface area contributed by atoms with Crippen molar-refractivity contribution in [2.24, 2.45) is 0 Å². The Morgan fingerprint density at radius 1 is 0.196 bits per heavy atom. The second-order valence-electron chi connectivity index (χ2n) is 27.6. The van der Waals surface area contributed by atoms with Crippen LogP contribution in [0.2, 0.25) is 0 Å². The van der Waals surface area contributed by atoms with Gasteiger partial charge in [0, 0.05) is 101 Å². The molecule has 2 aliphatic carbocycles. The molecule has 0 atom stereocenters. The smallest absolute Gasteiger partial charge is 0.0708 e. The largest absolute Gasteiger partial charge is 0.309 e. The molecule has 0 N–H and O–H groups in total. The molecule has 0 fully saturated rings. The van der Waals surface area contributed by atoms with E-state index in [9.17, 15) is 0 Å². The highest BCUT2D eigenvalue weighted by Gasteiger charge is 2.28. The molecule has 0 saturated heterocycles. The summed E-state index contributed by atoms with van der Waals surface area (Å²) in [6, 6.07) is 119. The van der Waals surface area contributed by atoms with Crippen LogP contribution >= 0.6 is 0 Å². The third-order valence-corrected chi connectivity index (χ3v) is 22.4. The topological polar surface area (TPSA) is 45.5 Å². The van der Waals surface area contributed by atoms with Gasteiger partial charge in [0.05, 0.1) is 55.5 Å². The summed E-state index contributed by atoms with van der Waals surface area (Å²) in [5, 5.41) is 14.8. The zero-order chi connectivity index (χ0) is 66.4. The van der Waals surface area contributed by atoms with Crippen LogP contribution < -0.4 is 0 Å². The Kier molecular flexibility index (Phi) is 11.4. The predicted octanol–water partition coefficient (Wildman–Crippen LogP) is 25.1. The van der Waals surface area contributed by atoms with Crippen LogP contribution in [0.5, 0.6) is 0 Å². The average Bonchev–Trinajstić information content (AvgIpc) is 1.59. The SMILES string of the molecule is c1ccc(-n2c3ccccc3c3cc(-c4ccc5c(c4)c4cc(-c6ccc7c8c(cccc68)-c6cnc(-c8ccc9c(c8)c8ccc(-c%10ccc%11c(c%10)c%10ccccc%10n%11-c%10ccc%11c%12c(cccc%10%12)-c%10cnccc%10-%11)cc8n9-c8ccccc8)cc6-7)ccc4n5-c4ccccc4)ccc32)cc1. The molecule has 0 bridgehead atoms. The third kappa shape index (κ3) is 7.77. The minimum absolute atomic E-state index is 0.948. The van der Waals surface area contributed by atoms with E-state index >= 15 is 0 Å². The van der Waals surface area contributed by atoms with Gasteiger partial charge < -0.3 is 18.3 Å². The number of para-hydroxylation sites is 5. The van der Waals surface area contributed by atoms with Gasteiger partial charge in [0.1, 0.15) is 0 Å². The van der Waals surface area contributed by atoms with Gasteiger partial charge in [-0.05, 0) is 216 Å². The maximum atomic E-state index is 5.33. The molecular formula is C96H56N6. The van der Waals surface area contributed by atoms with E-state index in [0.717, 1.165) is 50.5 Å². The Balaban J connectivity index is 0.615. The van der Waals surface area contributed by atoms with Crippen LogP contribution in [-0.2, 0) is 0 Å². The van der Waals surface area contributed by atoms with Crippen molar-refractivity contribution in [2.75, 3.05) is 0 Å². The molecule has 6 heterocycles. The first-order valence-corrected chi connectivity index (χ1v) is 35.1. The summed E-state index contributed by atoms with van der Waals surface area (Å²) in [5.74, 6) is 0. The summed E-state index contributed by atoms with van der Waals surface area (Å²) < 4.78 is 9.71. The second kappa shape index (κ2) is 20.9. The van der Waals surface area contributed by atoms with Crippen LogP contribution in [0, 0.1) is 0 Å². The van der Waals surface area contributed by atoms with Crippen LogP contribution in [0.25, 0.3) is 221 Å². The molecule has 23 rings (SSSR count). The third-order valence-electron chi connectivity index (χ3n) is 22.4. The number of rotatable bonds is 8. The fraction of sp³-hybridized carbons (Fsp3) is 0. The Bertz CT molecular complexity index is 7200. The molecule has 6 aromatic heterocycles. The van der Waals surface area contributed by atoms with Gasteiger partial charge in [0.2, 0.25) is 0 Å². The van der Waals surface area contributed by atoms with Crippen molar-refractivity contribution in [3.05, 3.63) is 340 Å². The van der Waals surface area contributed by atoms with E-state index in [0.29, 0.717) is 0 Å². The molecule has 0 radical (unpaired) electrons. The monoisotopic (exact) mass is 1290 g/mol. The number of hydrogen-bond donors (Lipinski definition) is 0. The lowest BCUT2D eigenvalue weighted by atomic mass is 9.93. The highest BCUT2D eigenvalue weighted by Crippen LogP contribution is 2.53. The number of hydrogen-bond acceptors (Lipinski definition) is 2. The molecule has 0 unspecified atom stereocenters. The molecule has 15 aromatic carbocycles. The van der Waals surface area contributed by atoms with Crippen molar-refractivity contribution < 1.29 is 0 Å². The zero-order valence-electron chi connectivity index (χ0n) is 55.0. The van der Waals surface area contributed by atoms with Crippen molar-refractivity contribution in [2.45, 2.75) is 0 Å². The van der Waals surface area contributed by atoms with E-state index < -0.39 is 0 Å². The Labute approximate surface area is 585 Å². The van der Waals surface area contributed by atoms with Crippen LogP contribution in [0.1, 0.15) is 0 Å². The first-order valence-electron chi connectivity index (χ1n) is 35.1. The van der Waals surface area contributed by atoms with Crippen molar-refractivity contribution in [3.63, 3.8) is 0 Å². The summed E-state index contributed by atoms with van der Waals surface area (Å²) in [4.78, 5) is 9.85. The van der Waals surface area contributed by atoms with Crippen molar-refractivity contribution in [3.8, 4) is 112 Å². The lowest BCUT2D eigenvalue weighted by Gasteiger charge is -2.13. The van der Waals surface area contributed by atoms with E-state index in [4.69, 9.17) is 4.98 Å². The zero-order valence-corrected chi connectivity index (χ0v) is 55.0. The van der Waals surface area contributed by atoms with Gasteiger partial charge in [-0.2, -0.15) is 0 Å². The molecule has 0 spiro atoms. The predicted molar refractivity (Wildman–Crippen MR) is 425 cm³/mol. The number of nitrogens with zero attached hydrogens (tertiary/aromatic N) is 6. The van der Waals surface area contributed by atoms with E-state index in [2.05, 4.69) is 351 Å². The number of fused-ring (bicyclic) bond motifs is 18. The van der Waals surface area contributed by atoms with Gasteiger partial charge in [-0.1, -0.05) is 188 Å². The summed E-state index contributed by atoms with van der Waals surface area (Å²) >= 11 is 0. The van der Waals surface area contributed by atoms with E-state index in [1.165, 1.54) is 170 Å². The van der Waals surface area contributed by atoms with Crippen LogP contribution in [0.4, 0.5) is 0 Å². The second-order valence-corrected chi connectivity index (χ2v) is 27.6. The molecule has 6 heteroatoms. The van der Waals surface area contributed by atoms with Gasteiger partial charge in [-0.3, -0.25) is 9.97 Å². The molecular weight excluding hydrogens is 1240 g/mol. The van der Waals surface area contributed by atoms with Gasteiger partial charge in [0.15, 0.2) is 0 Å². The normalized spacial score (nSPS) is 12.3. The average molecular weight is 1290 g/mol. The van der Waals surface area contributed by atoms with Crippen LogP contribution in [0.15, 0.2) is 340 Å². The summed E-state index contributed by atoms with van der Waals surface area (Å²) in [6.07, 6.45) is 6.03. The molecule has 2 aliphatic rings. The fourth-order valence-corrected chi connectivity index (χ4v) is 17.9. The van der Waals surface area contributed by atoms with E-state index in [1.807, 2.05) is 12.4 Å². The number of pyridine rings is 2. The molecule has 102 heavy (non-hydrogen) atoms. The highest BCUT2D eigenvalue weighted by atomic mass is 15.0. The molecule has 6 nitrogen and oxygen atoms in total. The van der Waals surface area contributed by atoms with Crippen LogP contribution in [0.3, 0.4) is 0 Å². The molecule has 0 amide bonds. The van der Waals surface area contributed by atoms with E-state index in [-0.39, 0.29) is 0 Å². The number of aromatic nitrogens is 6. The summed E-state index contributed by atoms with van der Waals surface area (Å²) in [6.45, 7) is 0. The van der Waals surface area contributed by atoms with Crippen LogP contribution in [-0.4, -0.2) is 28.2 Å².